The molecule has 7 nitrogen and oxygen atoms in total. The zero-order valence-electron chi connectivity index (χ0n) is 14.7. The fourth-order valence-corrected chi connectivity index (χ4v) is 3.25. The number of nitrogens with one attached hydrogen (secondary N) is 1. The Morgan fingerprint density at radius 1 is 1.24 bits per heavy atom. The maximum atomic E-state index is 13.0. The summed E-state index contributed by atoms with van der Waals surface area (Å²) in [6, 6.07) is 6.86. The zero-order valence-corrected chi connectivity index (χ0v) is 16.2. The van der Waals surface area contributed by atoms with Crippen LogP contribution >= 0.6 is 23.4 Å². The van der Waals surface area contributed by atoms with Crippen molar-refractivity contribution in [2.75, 3.05) is 12.9 Å². The second-order valence-electron chi connectivity index (χ2n) is 5.65. The molecule has 0 spiro atoms. The summed E-state index contributed by atoms with van der Waals surface area (Å²) >= 11 is 6.65. The molecular formula is C17H12ClF3N4O3S. The van der Waals surface area contributed by atoms with Crippen molar-refractivity contribution in [3.8, 4) is 5.75 Å². The first-order chi connectivity index (χ1) is 13.7. The van der Waals surface area contributed by atoms with E-state index in [1.165, 1.54) is 19.2 Å². The van der Waals surface area contributed by atoms with Gasteiger partial charge in [-0.2, -0.15) is 13.2 Å². The number of rotatable bonds is 5. The van der Waals surface area contributed by atoms with Crippen LogP contribution < -0.4 is 10.1 Å². The van der Waals surface area contributed by atoms with E-state index in [2.05, 4.69) is 15.5 Å². The molecule has 2 aromatic heterocycles. The number of halogens is 4. The Labute approximate surface area is 171 Å². The van der Waals surface area contributed by atoms with Crippen LogP contribution in [0.2, 0.25) is 5.02 Å². The normalized spacial score (nSPS) is 11.5. The summed E-state index contributed by atoms with van der Waals surface area (Å²) in [6.45, 7) is 0. The summed E-state index contributed by atoms with van der Waals surface area (Å²) < 4.78 is 44.9. The van der Waals surface area contributed by atoms with Crippen LogP contribution in [0.15, 0.2) is 41.7 Å². The van der Waals surface area contributed by atoms with Crippen LogP contribution in [0.3, 0.4) is 0 Å². The lowest BCUT2D eigenvalue weighted by molar-refractivity contribution is -0.137. The molecule has 0 unspecified atom stereocenters. The topological polar surface area (TPSA) is 85.6 Å². The number of hydrogen-bond donors (Lipinski definition) is 1. The highest BCUT2D eigenvalue weighted by Crippen LogP contribution is 2.33. The lowest BCUT2D eigenvalue weighted by Gasteiger charge is -2.08. The van der Waals surface area contributed by atoms with Crippen LogP contribution in [-0.2, 0) is 11.0 Å². The molecule has 12 heteroatoms. The van der Waals surface area contributed by atoms with Gasteiger partial charge in [0.15, 0.2) is 10.8 Å². The molecule has 0 aliphatic carbocycles. The Morgan fingerprint density at radius 3 is 2.55 bits per heavy atom. The molecule has 0 saturated carbocycles. The molecule has 0 aliphatic rings. The third kappa shape index (κ3) is 4.80. The van der Waals surface area contributed by atoms with Crippen LogP contribution in [0.25, 0.3) is 5.65 Å². The summed E-state index contributed by atoms with van der Waals surface area (Å²) in [5.74, 6) is -0.979. The molecule has 0 radical (unpaired) electrons. The average Bonchev–Trinajstić information content (AvgIpc) is 3.09. The number of imide groups is 1. The van der Waals surface area contributed by atoms with Gasteiger partial charge in [0.2, 0.25) is 5.91 Å². The van der Waals surface area contributed by atoms with Crippen LogP contribution in [0.1, 0.15) is 15.9 Å². The van der Waals surface area contributed by atoms with E-state index in [-0.39, 0.29) is 27.1 Å². The van der Waals surface area contributed by atoms with Gasteiger partial charge in [-0.3, -0.25) is 19.3 Å². The van der Waals surface area contributed by atoms with Crippen LogP contribution in [0, 0.1) is 0 Å². The van der Waals surface area contributed by atoms with Crippen LogP contribution in [-0.4, -0.2) is 39.3 Å². The molecule has 0 bridgehead atoms. The van der Waals surface area contributed by atoms with Gasteiger partial charge in [-0.25, -0.2) is 0 Å². The number of aromatic nitrogens is 3. The van der Waals surface area contributed by atoms with Gasteiger partial charge in [-0.1, -0.05) is 23.4 Å². The fourth-order valence-electron chi connectivity index (χ4n) is 2.29. The number of fused-ring (bicyclic) bond motifs is 1. The van der Waals surface area contributed by atoms with Crippen molar-refractivity contribution in [2.45, 2.75) is 11.3 Å². The second kappa shape index (κ2) is 8.29. The quantitative estimate of drug-likeness (QED) is 0.607. The summed E-state index contributed by atoms with van der Waals surface area (Å²) in [5.41, 5.74) is -0.702. The van der Waals surface area contributed by atoms with Gasteiger partial charge in [-0.05, 0) is 30.3 Å². The Kier molecular flexibility index (Phi) is 5.99. The van der Waals surface area contributed by atoms with E-state index in [0.717, 1.165) is 28.4 Å². The van der Waals surface area contributed by atoms with Crippen molar-refractivity contribution < 1.29 is 27.5 Å². The molecule has 1 N–H and O–H groups in total. The number of hydrogen-bond acceptors (Lipinski definition) is 6. The molecule has 0 saturated heterocycles. The van der Waals surface area contributed by atoms with E-state index < -0.39 is 23.6 Å². The number of carbonyl (C=O) groups is 2. The fraction of sp³-hybridized carbons (Fsp3) is 0.176. The molecule has 3 rings (SSSR count). The number of benzene rings is 1. The highest BCUT2D eigenvalue weighted by atomic mass is 35.5. The van der Waals surface area contributed by atoms with Crippen LogP contribution in [0.4, 0.5) is 13.2 Å². The Morgan fingerprint density at radius 2 is 1.93 bits per heavy atom. The summed E-state index contributed by atoms with van der Waals surface area (Å²) in [6.07, 6.45) is -3.81. The van der Waals surface area contributed by atoms with Gasteiger partial charge < -0.3 is 4.74 Å². The van der Waals surface area contributed by atoms with Crippen molar-refractivity contribution in [1.29, 1.82) is 0 Å². The van der Waals surface area contributed by atoms with Gasteiger partial charge >= 0.3 is 6.18 Å². The molecule has 1 aromatic carbocycles. The van der Waals surface area contributed by atoms with E-state index in [1.54, 1.807) is 12.1 Å². The Balaban J connectivity index is 1.69. The number of pyridine rings is 1. The first-order valence-electron chi connectivity index (χ1n) is 7.91. The van der Waals surface area contributed by atoms with Crippen LogP contribution in [0.5, 0.6) is 5.75 Å². The van der Waals surface area contributed by atoms with E-state index in [0.29, 0.717) is 5.75 Å². The van der Waals surface area contributed by atoms with E-state index in [4.69, 9.17) is 16.3 Å². The smallest absolute Gasteiger partial charge is 0.417 e. The first kappa shape index (κ1) is 20.9. The standard InChI is InChI=1S/C17H12ClF3N4O3S/c1-28-11-4-2-9(3-5-11)15(27)22-13(26)8-29-16-24-23-14-12(18)6-10(7-25(14)16)17(19,20)21/h2-7H,8H2,1H3,(H,22,26,27). The van der Waals surface area contributed by atoms with Crippen molar-refractivity contribution >= 4 is 40.8 Å². The van der Waals surface area contributed by atoms with Gasteiger partial charge in [0.25, 0.3) is 5.91 Å². The maximum absolute atomic E-state index is 13.0. The maximum Gasteiger partial charge on any atom is 0.417 e. The van der Waals surface area contributed by atoms with Gasteiger partial charge in [0.05, 0.1) is 23.4 Å². The number of methoxy groups -OCH3 is 1. The van der Waals surface area contributed by atoms with Gasteiger partial charge in [0.1, 0.15) is 5.75 Å². The molecule has 152 valence electrons. The molecule has 0 fully saturated rings. The van der Waals surface area contributed by atoms with Gasteiger partial charge in [-0.15, -0.1) is 10.2 Å². The Bertz CT molecular complexity index is 1070. The zero-order chi connectivity index (χ0) is 21.2. The molecular weight excluding hydrogens is 433 g/mol. The average molecular weight is 445 g/mol. The van der Waals surface area contributed by atoms with E-state index >= 15 is 0 Å². The lowest BCUT2D eigenvalue weighted by atomic mass is 10.2. The molecule has 3 aromatic rings. The number of amides is 2. The largest absolute Gasteiger partial charge is 0.497 e. The summed E-state index contributed by atoms with van der Waals surface area (Å²) in [5, 5.41) is 9.47. The van der Waals surface area contributed by atoms with E-state index in [9.17, 15) is 22.8 Å². The highest BCUT2D eigenvalue weighted by Gasteiger charge is 2.32. The number of carbonyl (C=O) groups excluding carboxylic acids is 2. The first-order valence-corrected chi connectivity index (χ1v) is 9.28. The number of thioether (sulfide) groups is 1. The number of nitrogens with zero attached hydrogens (tertiary/aromatic N) is 3. The predicted octanol–water partition coefficient (Wildman–Crippen LogP) is 3.46. The SMILES string of the molecule is COc1ccc(C(=O)NC(=O)CSc2nnc3c(Cl)cc(C(F)(F)F)cn23)cc1. The monoisotopic (exact) mass is 444 g/mol. The predicted molar refractivity (Wildman–Crippen MR) is 99.2 cm³/mol. The van der Waals surface area contributed by atoms with Crippen molar-refractivity contribution in [2.24, 2.45) is 0 Å². The van der Waals surface area contributed by atoms with Crippen molar-refractivity contribution in [3.05, 3.63) is 52.7 Å². The Hall–Kier alpha value is -2.79. The molecule has 0 aliphatic heterocycles. The number of ether oxygens (including phenoxy) is 1. The van der Waals surface area contributed by atoms with E-state index in [1.807, 2.05) is 0 Å². The van der Waals surface area contributed by atoms with Gasteiger partial charge in [0, 0.05) is 11.8 Å². The second-order valence-corrected chi connectivity index (χ2v) is 6.99. The minimum atomic E-state index is -4.60. The molecule has 0 atom stereocenters. The minimum Gasteiger partial charge on any atom is -0.497 e. The minimum absolute atomic E-state index is 0.0249. The summed E-state index contributed by atoms with van der Waals surface area (Å²) in [4.78, 5) is 24.1. The summed E-state index contributed by atoms with van der Waals surface area (Å²) in [7, 11) is 1.48. The molecule has 2 amide bonds. The number of alkyl halides is 3. The van der Waals surface area contributed by atoms with Crippen molar-refractivity contribution in [3.63, 3.8) is 0 Å². The van der Waals surface area contributed by atoms with Crippen molar-refractivity contribution in [1.82, 2.24) is 19.9 Å². The lowest BCUT2D eigenvalue weighted by Crippen LogP contribution is -2.31. The third-order valence-electron chi connectivity index (χ3n) is 3.69. The molecule has 29 heavy (non-hydrogen) atoms. The third-order valence-corrected chi connectivity index (χ3v) is 4.91. The highest BCUT2D eigenvalue weighted by molar-refractivity contribution is 7.99. The molecule has 2 heterocycles.